The molecule has 0 saturated carbocycles. The van der Waals surface area contributed by atoms with Crippen LogP contribution >= 0.6 is 0 Å². The summed E-state index contributed by atoms with van der Waals surface area (Å²) in [5, 5.41) is 4.17. The summed E-state index contributed by atoms with van der Waals surface area (Å²) < 4.78 is 11.2. The first-order valence-corrected chi connectivity index (χ1v) is 16.2. The standard InChI is InChI=1S/C35H42N4O5/c1-35-28(34(42)38-15-18-43-19-16-38)20-25(22-31(40)36-13-11-23-6-3-2-4-7-23)33(41)39(35)14-12-27-26-10-9-24(30-8-5-17-44-30)21-29(26)37-32(27)35/h5-6,8-10,17,21,25,28,37H,2-4,7,11-16,18-20,22H2,1H3,(H,36,40)/t25-,28-,35+/m1/s1. The van der Waals surface area contributed by atoms with E-state index in [9.17, 15) is 14.4 Å². The van der Waals surface area contributed by atoms with Crippen molar-refractivity contribution in [3.63, 3.8) is 0 Å². The number of nitrogens with one attached hydrogen (secondary N) is 2. The Morgan fingerprint density at radius 1 is 1.11 bits per heavy atom. The van der Waals surface area contributed by atoms with E-state index in [1.165, 1.54) is 18.4 Å². The van der Waals surface area contributed by atoms with Crippen LogP contribution in [0, 0.1) is 11.8 Å². The normalized spacial score (nSPS) is 25.4. The fraction of sp³-hybridized carbons (Fsp3) is 0.514. The Kier molecular flexibility index (Phi) is 7.83. The van der Waals surface area contributed by atoms with Gasteiger partial charge in [-0.2, -0.15) is 0 Å². The molecule has 3 aromatic rings. The highest BCUT2D eigenvalue weighted by molar-refractivity contribution is 5.93. The van der Waals surface area contributed by atoms with E-state index in [1.54, 1.807) is 6.26 Å². The number of nitrogens with zero attached hydrogens (tertiary/aromatic N) is 2. The van der Waals surface area contributed by atoms with Crippen molar-refractivity contribution in [2.45, 2.75) is 63.8 Å². The summed E-state index contributed by atoms with van der Waals surface area (Å²) in [5.74, 6) is -0.356. The van der Waals surface area contributed by atoms with Crippen LogP contribution in [0.2, 0.25) is 0 Å². The molecule has 232 valence electrons. The molecule has 2 saturated heterocycles. The second-order valence-corrected chi connectivity index (χ2v) is 12.9. The van der Waals surface area contributed by atoms with Gasteiger partial charge in [0.15, 0.2) is 0 Å². The number of carbonyl (C=O) groups excluding carboxylic acids is 3. The molecule has 0 spiro atoms. The van der Waals surface area contributed by atoms with Crippen LogP contribution in [0.25, 0.3) is 22.2 Å². The molecular formula is C35H42N4O5. The summed E-state index contributed by atoms with van der Waals surface area (Å²) in [6, 6.07) is 10.1. The van der Waals surface area contributed by atoms with E-state index in [0.717, 1.165) is 52.7 Å². The molecule has 2 aromatic heterocycles. The maximum atomic E-state index is 14.3. The van der Waals surface area contributed by atoms with Crippen molar-refractivity contribution in [2.75, 3.05) is 39.4 Å². The van der Waals surface area contributed by atoms with Gasteiger partial charge in [0.05, 0.1) is 30.9 Å². The van der Waals surface area contributed by atoms with Gasteiger partial charge in [-0.05, 0) is 75.6 Å². The average Bonchev–Trinajstić information content (AvgIpc) is 3.72. The number of hydrogen-bond donors (Lipinski definition) is 2. The minimum Gasteiger partial charge on any atom is -0.464 e. The number of aromatic amines is 1. The largest absolute Gasteiger partial charge is 0.464 e. The Balaban J connectivity index is 1.18. The predicted molar refractivity (Wildman–Crippen MR) is 167 cm³/mol. The Hall–Kier alpha value is -3.85. The summed E-state index contributed by atoms with van der Waals surface area (Å²) in [4.78, 5) is 49.1. The third-order valence-electron chi connectivity index (χ3n) is 10.4. The van der Waals surface area contributed by atoms with E-state index in [1.807, 2.05) is 28.9 Å². The van der Waals surface area contributed by atoms with Gasteiger partial charge >= 0.3 is 0 Å². The zero-order valence-electron chi connectivity index (χ0n) is 25.5. The number of rotatable bonds is 7. The molecule has 1 aliphatic carbocycles. The van der Waals surface area contributed by atoms with E-state index >= 15 is 0 Å². The lowest BCUT2D eigenvalue weighted by molar-refractivity contribution is -0.166. The van der Waals surface area contributed by atoms with Gasteiger partial charge in [-0.3, -0.25) is 14.4 Å². The summed E-state index contributed by atoms with van der Waals surface area (Å²) in [6.45, 7) is 5.22. The van der Waals surface area contributed by atoms with Gasteiger partial charge in [-0.25, -0.2) is 0 Å². The number of furan rings is 1. The Labute approximate surface area is 258 Å². The number of morpholine rings is 1. The molecule has 7 rings (SSSR count). The van der Waals surface area contributed by atoms with E-state index in [4.69, 9.17) is 9.15 Å². The molecule has 1 aromatic carbocycles. The highest BCUT2D eigenvalue weighted by atomic mass is 16.5. The number of ether oxygens (including phenoxy) is 1. The topological polar surface area (TPSA) is 108 Å². The Morgan fingerprint density at radius 3 is 2.75 bits per heavy atom. The smallest absolute Gasteiger partial charge is 0.228 e. The molecule has 3 atom stereocenters. The quantitative estimate of drug-likeness (QED) is 0.376. The predicted octanol–water partition coefficient (Wildman–Crippen LogP) is 4.92. The molecule has 2 N–H and O–H groups in total. The number of carbonyl (C=O) groups is 3. The molecule has 3 aliphatic heterocycles. The van der Waals surface area contributed by atoms with Crippen molar-refractivity contribution < 1.29 is 23.5 Å². The van der Waals surface area contributed by atoms with Crippen molar-refractivity contribution in [1.29, 1.82) is 0 Å². The average molecular weight is 599 g/mol. The SMILES string of the molecule is C[C@]12c3[nH]c4cc(-c5ccco5)ccc4c3CCN1C(=O)[C@@H](CC(=O)NCCC1=CCCCC1)C[C@@H]2C(=O)N1CCOCC1. The van der Waals surface area contributed by atoms with E-state index in [-0.39, 0.29) is 24.1 Å². The summed E-state index contributed by atoms with van der Waals surface area (Å²) in [6.07, 6.45) is 10.6. The fourth-order valence-electron chi connectivity index (χ4n) is 7.98. The molecule has 44 heavy (non-hydrogen) atoms. The first-order valence-electron chi connectivity index (χ1n) is 16.2. The van der Waals surface area contributed by atoms with Crippen molar-refractivity contribution in [2.24, 2.45) is 11.8 Å². The lowest BCUT2D eigenvalue weighted by Crippen LogP contribution is -2.65. The fourth-order valence-corrected chi connectivity index (χ4v) is 7.98. The molecule has 5 heterocycles. The molecule has 0 radical (unpaired) electrons. The van der Waals surface area contributed by atoms with Crippen LogP contribution in [0.15, 0.2) is 52.7 Å². The van der Waals surface area contributed by atoms with E-state index < -0.39 is 17.4 Å². The first-order chi connectivity index (χ1) is 21.4. The number of hydrogen-bond acceptors (Lipinski definition) is 5. The Bertz CT molecular complexity index is 1580. The van der Waals surface area contributed by atoms with Crippen LogP contribution in [0.4, 0.5) is 0 Å². The van der Waals surface area contributed by atoms with Crippen molar-refractivity contribution in [3.8, 4) is 11.3 Å². The van der Waals surface area contributed by atoms with Gasteiger partial charge < -0.3 is 29.3 Å². The molecular weight excluding hydrogens is 556 g/mol. The molecule has 3 amide bonds. The van der Waals surface area contributed by atoms with Gasteiger partial charge in [0, 0.05) is 60.7 Å². The molecule has 4 aliphatic rings. The lowest BCUT2D eigenvalue weighted by atomic mass is 9.67. The number of allylic oxidation sites excluding steroid dienone is 1. The van der Waals surface area contributed by atoms with Gasteiger partial charge in [0.25, 0.3) is 0 Å². The monoisotopic (exact) mass is 598 g/mol. The van der Waals surface area contributed by atoms with Crippen LogP contribution < -0.4 is 5.32 Å². The number of aromatic nitrogens is 1. The minimum atomic E-state index is -0.857. The summed E-state index contributed by atoms with van der Waals surface area (Å²) in [7, 11) is 0. The van der Waals surface area contributed by atoms with E-state index in [0.29, 0.717) is 52.2 Å². The number of H-pyrrole nitrogens is 1. The second kappa shape index (κ2) is 11.9. The van der Waals surface area contributed by atoms with Crippen LogP contribution in [-0.2, 0) is 31.1 Å². The first kappa shape index (κ1) is 28.9. The molecule has 9 nitrogen and oxygen atoms in total. The van der Waals surface area contributed by atoms with Gasteiger partial charge in [-0.1, -0.05) is 23.8 Å². The molecule has 0 bridgehead atoms. The number of piperidine rings is 1. The third kappa shape index (κ3) is 5.15. The molecule has 2 fully saturated rings. The number of amides is 3. The van der Waals surface area contributed by atoms with Crippen molar-refractivity contribution >= 4 is 28.6 Å². The highest BCUT2D eigenvalue weighted by Crippen LogP contribution is 2.50. The van der Waals surface area contributed by atoms with Gasteiger partial charge in [0.2, 0.25) is 17.7 Å². The van der Waals surface area contributed by atoms with Crippen LogP contribution in [0.5, 0.6) is 0 Å². The van der Waals surface area contributed by atoms with Gasteiger partial charge in [0.1, 0.15) is 5.76 Å². The molecule has 0 unspecified atom stereocenters. The minimum absolute atomic E-state index is 0.0331. The van der Waals surface area contributed by atoms with Crippen molar-refractivity contribution in [1.82, 2.24) is 20.1 Å². The van der Waals surface area contributed by atoms with Crippen molar-refractivity contribution in [3.05, 3.63) is 59.5 Å². The summed E-state index contributed by atoms with van der Waals surface area (Å²) >= 11 is 0. The second-order valence-electron chi connectivity index (χ2n) is 12.9. The molecule has 9 heteroatoms. The van der Waals surface area contributed by atoms with E-state index in [2.05, 4.69) is 34.6 Å². The highest BCUT2D eigenvalue weighted by Gasteiger charge is 2.57. The number of fused-ring (bicyclic) bond motifs is 5. The van der Waals surface area contributed by atoms with Crippen LogP contribution in [-0.4, -0.2) is 71.9 Å². The van der Waals surface area contributed by atoms with Gasteiger partial charge in [-0.15, -0.1) is 0 Å². The maximum absolute atomic E-state index is 14.3. The zero-order chi connectivity index (χ0) is 30.3. The zero-order valence-corrected chi connectivity index (χ0v) is 25.5. The van der Waals surface area contributed by atoms with Crippen LogP contribution in [0.3, 0.4) is 0 Å². The number of benzene rings is 1. The summed E-state index contributed by atoms with van der Waals surface area (Å²) in [5.41, 5.74) is 4.58. The third-order valence-corrected chi connectivity index (χ3v) is 10.4. The Morgan fingerprint density at radius 2 is 1.98 bits per heavy atom. The maximum Gasteiger partial charge on any atom is 0.228 e. The lowest BCUT2D eigenvalue weighted by Gasteiger charge is -2.54. The van der Waals surface area contributed by atoms with Crippen LogP contribution in [0.1, 0.15) is 63.1 Å².